The summed E-state index contributed by atoms with van der Waals surface area (Å²) in [7, 11) is 1.32. The predicted molar refractivity (Wildman–Crippen MR) is 80.5 cm³/mol. The summed E-state index contributed by atoms with van der Waals surface area (Å²) in [6, 6.07) is 0. The molecule has 0 radical (unpaired) electrons. The minimum absolute atomic E-state index is 0.0567. The summed E-state index contributed by atoms with van der Waals surface area (Å²) in [6.07, 6.45) is 3.88. The molecule has 0 unspecified atom stereocenters. The summed E-state index contributed by atoms with van der Waals surface area (Å²) in [5, 5.41) is 3.84. The number of ketones is 1. The first-order valence-electron chi connectivity index (χ1n) is 6.88. The number of nitrogens with two attached hydrogens (primary N) is 1. The lowest BCUT2D eigenvalue weighted by Crippen LogP contribution is -2.09. The van der Waals surface area contributed by atoms with E-state index in [0.29, 0.717) is 15.4 Å². The Labute approximate surface area is 122 Å². The maximum absolute atomic E-state index is 12.2. The van der Waals surface area contributed by atoms with Crippen LogP contribution < -0.4 is 11.1 Å². The number of rotatable bonds is 7. The third-order valence-electron chi connectivity index (χ3n) is 3.32. The Morgan fingerprint density at radius 3 is 2.70 bits per heavy atom. The molecule has 0 atom stereocenters. The van der Waals surface area contributed by atoms with Crippen molar-refractivity contribution in [3.05, 3.63) is 10.4 Å². The van der Waals surface area contributed by atoms with Crippen molar-refractivity contribution in [2.24, 2.45) is 5.92 Å². The zero-order valence-corrected chi connectivity index (χ0v) is 12.6. The van der Waals surface area contributed by atoms with Gasteiger partial charge in [-0.15, -0.1) is 11.3 Å². The van der Waals surface area contributed by atoms with Gasteiger partial charge in [-0.05, 0) is 19.3 Å². The predicted octanol–water partition coefficient (Wildman–Crippen LogP) is 2.92. The lowest BCUT2D eigenvalue weighted by atomic mass is 10.1. The van der Waals surface area contributed by atoms with Crippen molar-refractivity contribution in [2.75, 3.05) is 24.7 Å². The average Bonchev–Trinajstić information content (AvgIpc) is 3.23. The van der Waals surface area contributed by atoms with Gasteiger partial charge in [-0.25, -0.2) is 4.79 Å². The lowest BCUT2D eigenvalue weighted by Gasteiger charge is -2.05. The molecular weight excluding hydrogens is 276 g/mol. The fourth-order valence-corrected chi connectivity index (χ4v) is 3.12. The standard InChI is InChI=1S/C14H20N2O3S/c1-3-4-7-16-13-9(14(18)19-2)10(15)12(20-13)11(17)8-5-6-8/h8,16H,3-7,15H2,1-2H3. The second-order valence-electron chi connectivity index (χ2n) is 4.96. The van der Waals surface area contributed by atoms with Crippen molar-refractivity contribution >= 4 is 33.8 Å². The van der Waals surface area contributed by atoms with Crippen molar-refractivity contribution in [3.63, 3.8) is 0 Å². The first-order valence-corrected chi connectivity index (χ1v) is 7.70. The fraction of sp³-hybridized carbons (Fsp3) is 0.571. The summed E-state index contributed by atoms with van der Waals surface area (Å²) in [4.78, 5) is 24.5. The van der Waals surface area contributed by atoms with E-state index >= 15 is 0 Å². The summed E-state index contributed by atoms with van der Waals surface area (Å²) in [6.45, 7) is 2.84. The molecule has 1 aliphatic carbocycles. The third-order valence-corrected chi connectivity index (χ3v) is 4.50. The minimum Gasteiger partial charge on any atom is -0.465 e. The second-order valence-corrected chi connectivity index (χ2v) is 5.98. The van der Waals surface area contributed by atoms with Crippen LogP contribution in [0.5, 0.6) is 0 Å². The molecule has 0 aromatic carbocycles. The summed E-state index contributed by atoms with van der Waals surface area (Å²) >= 11 is 1.27. The van der Waals surface area contributed by atoms with Crippen molar-refractivity contribution in [1.82, 2.24) is 0 Å². The highest BCUT2D eigenvalue weighted by atomic mass is 32.1. The van der Waals surface area contributed by atoms with Crippen molar-refractivity contribution in [3.8, 4) is 0 Å². The summed E-state index contributed by atoms with van der Waals surface area (Å²) in [5.41, 5.74) is 6.57. The Morgan fingerprint density at radius 2 is 2.15 bits per heavy atom. The number of hydrogen-bond donors (Lipinski definition) is 2. The van der Waals surface area contributed by atoms with Crippen LogP contribution in [0.4, 0.5) is 10.7 Å². The smallest absolute Gasteiger partial charge is 0.343 e. The van der Waals surface area contributed by atoms with E-state index in [9.17, 15) is 9.59 Å². The van der Waals surface area contributed by atoms with Gasteiger partial charge in [0, 0.05) is 12.5 Å². The number of carbonyl (C=O) groups excluding carboxylic acids is 2. The molecule has 0 spiro atoms. The Balaban J connectivity index is 2.29. The number of nitrogen functional groups attached to an aromatic ring is 1. The van der Waals surface area contributed by atoms with E-state index in [1.165, 1.54) is 18.4 Å². The van der Waals surface area contributed by atoms with Crippen LogP contribution in [-0.2, 0) is 4.74 Å². The zero-order valence-electron chi connectivity index (χ0n) is 11.8. The van der Waals surface area contributed by atoms with Crippen LogP contribution in [0.25, 0.3) is 0 Å². The van der Waals surface area contributed by atoms with Gasteiger partial charge in [-0.1, -0.05) is 13.3 Å². The Morgan fingerprint density at radius 1 is 1.45 bits per heavy atom. The third kappa shape index (κ3) is 2.95. The maximum Gasteiger partial charge on any atom is 0.343 e. The minimum atomic E-state index is -0.493. The van der Waals surface area contributed by atoms with E-state index < -0.39 is 5.97 Å². The van der Waals surface area contributed by atoms with Gasteiger partial charge in [-0.2, -0.15) is 0 Å². The highest BCUT2D eigenvalue weighted by Gasteiger charge is 2.35. The monoisotopic (exact) mass is 296 g/mol. The number of esters is 1. The highest BCUT2D eigenvalue weighted by Crippen LogP contribution is 2.42. The number of unbranched alkanes of at least 4 members (excludes halogenated alkanes) is 1. The molecule has 0 bridgehead atoms. The number of ether oxygens (including phenoxy) is 1. The number of nitrogens with one attached hydrogen (secondary N) is 1. The lowest BCUT2D eigenvalue weighted by molar-refractivity contribution is 0.0603. The largest absolute Gasteiger partial charge is 0.465 e. The first-order chi connectivity index (χ1) is 9.60. The van der Waals surface area contributed by atoms with E-state index in [1.807, 2.05) is 0 Å². The van der Waals surface area contributed by atoms with Crippen LogP contribution in [0, 0.1) is 5.92 Å². The molecule has 3 N–H and O–H groups in total. The highest BCUT2D eigenvalue weighted by molar-refractivity contribution is 7.19. The summed E-state index contributed by atoms with van der Waals surface area (Å²) < 4.78 is 4.77. The number of thiophene rings is 1. The van der Waals surface area contributed by atoms with Gasteiger partial charge in [0.05, 0.1) is 17.7 Å². The fourth-order valence-electron chi connectivity index (χ4n) is 1.97. The van der Waals surface area contributed by atoms with Gasteiger partial charge < -0.3 is 15.8 Å². The molecule has 0 saturated heterocycles. The molecule has 6 heteroatoms. The number of hydrogen-bond acceptors (Lipinski definition) is 6. The number of anilines is 2. The van der Waals surface area contributed by atoms with Crippen LogP contribution in [0.1, 0.15) is 52.6 Å². The van der Waals surface area contributed by atoms with Gasteiger partial charge in [0.25, 0.3) is 0 Å². The summed E-state index contributed by atoms with van der Waals surface area (Å²) in [5.74, 6) is -0.348. The average molecular weight is 296 g/mol. The van der Waals surface area contributed by atoms with Crippen LogP contribution in [0.15, 0.2) is 0 Å². The molecule has 5 nitrogen and oxygen atoms in total. The van der Waals surface area contributed by atoms with Gasteiger partial charge in [0.2, 0.25) is 0 Å². The van der Waals surface area contributed by atoms with Crippen molar-refractivity contribution < 1.29 is 14.3 Å². The molecule has 2 rings (SSSR count). The molecule has 1 aromatic heterocycles. The van der Waals surface area contributed by atoms with E-state index in [2.05, 4.69) is 12.2 Å². The van der Waals surface area contributed by atoms with E-state index in [0.717, 1.165) is 32.2 Å². The van der Waals surface area contributed by atoms with Crippen LogP contribution in [0.3, 0.4) is 0 Å². The quantitative estimate of drug-likeness (QED) is 0.459. The topological polar surface area (TPSA) is 81.4 Å². The van der Waals surface area contributed by atoms with E-state index in [-0.39, 0.29) is 17.4 Å². The SMILES string of the molecule is CCCCNc1sc(C(=O)C2CC2)c(N)c1C(=O)OC. The molecule has 1 saturated carbocycles. The molecule has 1 aliphatic rings. The maximum atomic E-state index is 12.2. The number of Topliss-reactive ketones (excluding diaryl/α,β-unsaturated/α-hetero) is 1. The molecule has 110 valence electrons. The molecule has 1 aromatic rings. The van der Waals surface area contributed by atoms with Crippen LogP contribution in [0.2, 0.25) is 0 Å². The molecule has 20 heavy (non-hydrogen) atoms. The molecule has 0 amide bonds. The Hall–Kier alpha value is -1.56. The Bertz CT molecular complexity index is 521. The van der Waals surface area contributed by atoms with E-state index in [1.54, 1.807) is 0 Å². The van der Waals surface area contributed by atoms with Gasteiger partial charge in [-0.3, -0.25) is 4.79 Å². The molecule has 0 aliphatic heterocycles. The first kappa shape index (κ1) is 14.8. The second kappa shape index (κ2) is 6.26. The number of carbonyl (C=O) groups is 2. The number of methoxy groups -OCH3 is 1. The van der Waals surface area contributed by atoms with Crippen LogP contribution >= 0.6 is 11.3 Å². The van der Waals surface area contributed by atoms with Gasteiger partial charge in [0.15, 0.2) is 5.78 Å². The van der Waals surface area contributed by atoms with Gasteiger partial charge >= 0.3 is 5.97 Å². The molecule has 1 fully saturated rings. The van der Waals surface area contributed by atoms with Crippen molar-refractivity contribution in [2.45, 2.75) is 32.6 Å². The van der Waals surface area contributed by atoms with Crippen LogP contribution in [-0.4, -0.2) is 25.4 Å². The Kier molecular flexibility index (Phi) is 4.65. The van der Waals surface area contributed by atoms with E-state index in [4.69, 9.17) is 10.5 Å². The molecular formula is C14H20N2O3S. The normalized spacial score (nSPS) is 14.1. The zero-order chi connectivity index (χ0) is 14.7. The van der Waals surface area contributed by atoms with Crippen molar-refractivity contribution in [1.29, 1.82) is 0 Å². The molecule has 1 heterocycles. The van der Waals surface area contributed by atoms with Gasteiger partial charge in [0.1, 0.15) is 10.6 Å².